The molecule has 27 heavy (non-hydrogen) atoms. The van der Waals surface area contributed by atoms with Crippen molar-refractivity contribution in [3.8, 4) is 11.8 Å². The van der Waals surface area contributed by atoms with Crippen molar-refractivity contribution >= 4 is 11.9 Å². The smallest absolute Gasteiger partial charge is 0.343 e. The molecule has 0 atom stereocenters. The van der Waals surface area contributed by atoms with Gasteiger partial charge >= 0.3 is 11.9 Å². The maximum atomic E-state index is 12.3. The molecule has 0 radical (unpaired) electrons. The van der Waals surface area contributed by atoms with Crippen LogP contribution in [0.3, 0.4) is 0 Å². The SMILES string of the molecule is CCCCCCCOC(=O)c1cccc(C(=O)Oc2ccc(C#N)cc2)c1. The van der Waals surface area contributed by atoms with Crippen molar-refractivity contribution in [2.45, 2.75) is 39.0 Å². The van der Waals surface area contributed by atoms with Crippen molar-refractivity contribution in [2.24, 2.45) is 0 Å². The lowest BCUT2D eigenvalue weighted by molar-refractivity contribution is 0.0497. The zero-order valence-electron chi connectivity index (χ0n) is 15.4. The molecule has 5 nitrogen and oxygen atoms in total. The van der Waals surface area contributed by atoms with Gasteiger partial charge in [0.15, 0.2) is 0 Å². The van der Waals surface area contributed by atoms with Crippen molar-refractivity contribution in [3.63, 3.8) is 0 Å². The van der Waals surface area contributed by atoms with Crippen LogP contribution in [0, 0.1) is 11.3 Å². The van der Waals surface area contributed by atoms with E-state index in [1.807, 2.05) is 6.07 Å². The molecular weight excluding hydrogens is 342 g/mol. The second kappa shape index (κ2) is 10.8. The van der Waals surface area contributed by atoms with Gasteiger partial charge in [-0.1, -0.05) is 38.7 Å². The minimum atomic E-state index is -0.575. The van der Waals surface area contributed by atoms with Gasteiger partial charge in [0, 0.05) is 0 Å². The molecule has 0 bridgehead atoms. The van der Waals surface area contributed by atoms with E-state index in [1.54, 1.807) is 42.5 Å². The Bertz CT molecular complexity index is 806. The van der Waals surface area contributed by atoms with Crippen molar-refractivity contribution in [1.82, 2.24) is 0 Å². The summed E-state index contributed by atoms with van der Waals surface area (Å²) in [4.78, 5) is 24.4. The lowest BCUT2D eigenvalue weighted by Gasteiger charge is -2.07. The summed E-state index contributed by atoms with van der Waals surface area (Å²) in [7, 11) is 0. The van der Waals surface area contributed by atoms with Crippen LogP contribution in [0.25, 0.3) is 0 Å². The summed E-state index contributed by atoms with van der Waals surface area (Å²) in [5.41, 5.74) is 1.06. The topological polar surface area (TPSA) is 76.4 Å². The first kappa shape index (κ1) is 20.2. The Kier molecular flexibility index (Phi) is 8.05. The predicted molar refractivity (Wildman–Crippen MR) is 102 cm³/mol. The monoisotopic (exact) mass is 365 g/mol. The van der Waals surface area contributed by atoms with Crippen LogP contribution >= 0.6 is 0 Å². The van der Waals surface area contributed by atoms with Gasteiger partial charge in [-0.25, -0.2) is 9.59 Å². The van der Waals surface area contributed by atoms with Crippen molar-refractivity contribution in [1.29, 1.82) is 5.26 Å². The fourth-order valence-electron chi connectivity index (χ4n) is 2.49. The number of hydrogen-bond acceptors (Lipinski definition) is 5. The van der Waals surface area contributed by atoms with E-state index in [4.69, 9.17) is 14.7 Å². The number of unbranched alkanes of at least 4 members (excludes halogenated alkanes) is 4. The molecule has 0 amide bonds. The quantitative estimate of drug-likeness (QED) is 0.359. The fraction of sp³-hybridized carbons (Fsp3) is 0.318. The van der Waals surface area contributed by atoms with Crippen molar-refractivity contribution in [3.05, 3.63) is 65.2 Å². The van der Waals surface area contributed by atoms with Gasteiger partial charge in [-0.15, -0.1) is 0 Å². The van der Waals surface area contributed by atoms with Gasteiger partial charge < -0.3 is 9.47 Å². The zero-order valence-corrected chi connectivity index (χ0v) is 15.4. The molecule has 0 saturated carbocycles. The minimum Gasteiger partial charge on any atom is -0.462 e. The minimum absolute atomic E-state index is 0.261. The molecule has 2 aromatic rings. The molecule has 0 aliphatic heterocycles. The van der Waals surface area contributed by atoms with Crippen molar-refractivity contribution < 1.29 is 19.1 Å². The van der Waals surface area contributed by atoms with Crippen LogP contribution in [-0.2, 0) is 4.74 Å². The molecule has 0 aliphatic rings. The zero-order chi connectivity index (χ0) is 19.5. The van der Waals surface area contributed by atoms with Crippen LogP contribution < -0.4 is 4.74 Å². The van der Waals surface area contributed by atoms with E-state index in [0.717, 1.165) is 19.3 Å². The van der Waals surface area contributed by atoms with E-state index in [0.29, 0.717) is 23.5 Å². The van der Waals surface area contributed by atoms with Crippen LogP contribution in [0.1, 0.15) is 65.3 Å². The number of carbonyl (C=O) groups excluding carboxylic acids is 2. The normalized spacial score (nSPS) is 10.1. The number of nitriles is 1. The molecule has 0 spiro atoms. The third-order valence-electron chi connectivity index (χ3n) is 4.01. The van der Waals surface area contributed by atoms with E-state index >= 15 is 0 Å². The highest BCUT2D eigenvalue weighted by Gasteiger charge is 2.13. The predicted octanol–water partition coefficient (Wildman–Crippen LogP) is 4.90. The fourth-order valence-corrected chi connectivity index (χ4v) is 2.49. The lowest BCUT2D eigenvalue weighted by Crippen LogP contribution is -2.11. The second-order valence-electron chi connectivity index (χ2n) is 6.16. The number of carbonyl (C=O) groups is 2. The van der Waals surface area contributed by atoms with Gasteiger partial charge in [0.05, 0.1) is 29.4 Å². The summed E-state index contributed by atoms with van der Waals surface area (Å²) in [6, 6.07) is 14.5. The Morgan fingerprint density at radius 3 is 2.26 bits per heavy atom. The Morgan fingerprint density at radius 1 is 0.926 bits per heavy atom. The summed E-state index contributed by atoms with van der Waals surface area (Å²) in [6.45, 7) is 2.53. The van der Waals surface area contributed by atoms with Gasteiger partial charge in [0.25, 0.3) is 0 Å². The third kappa shape index (κ3) is 6.59. The summed E-state index contributed by atoms with van der Waals surface area (Å²) < 4.78 is 10.5. The van der Waals surface area contributed by atoms with Crippen LogP contribution in [0.5, 0.6) is 5.75 Å². The third-order valence-corrected chi connectivity index (χ3v) is 4.01. The summed E-state index contributed by atoms with van der Waals surface area (Å²) >= 11 is 0. The van der Waals surface area contributed by atoms with Gasteiger partial charge in [0.2, 0.25) is 0 Å². The van der Waals surface area contributed by atoms with Crippen LogP contribution in [0.2, 0.25) is 0 Å². The maximum Gasteiger partial charge on any atom is 0.343 e. The number of ether oxygens (including phenoxy) is 2. The molecule has 0 N–H and O–H groups in total. The largest absolute Gasteiger partial charge is 0.462 e. The molecule has 0 aromatic heterocycles. The lowest BCUT2D eigenvalue weighted by atomic mass is 10.1. The first-order chi connectivity index (χ1) is 13.1. The van der Waals surface area contributed by atoms with E-state index < -0.39 is 11.9 Å². The Balaban J connectivity index is 1.90. The first-order valence-electron chi connectivity index (χ1n) is 9.13. The number of nitrogens with zero attached hydrogens (tertiary/aromatic N) is 1. The maximum absolute atomic E-state index is 12.3. The Morgan fingerprint density at radius 2 is 1.59 bits per heavy atom. The van der Waals surface area contributed by atoms with E-state index in [1.165, 1.54) is 18.9 Å². The standard InChI is InChI=1S/C22H23NO4/c1-2-3-4-5-6-14-26-21(24)18-8-7-9-19(15-18)22(25)27-20-12-10-17(16-23)11-13-20/h7-13,15H,2-6,14H2,1H3. The van der Waals surface area contributed by atoms with Crippen LogP contribution in [0.15, 0.2) is 48.5 Å². The highest BCUT2D eigenvalue weighted by atomic mass is 16.5. The summed E-state index contributed by atoms with van der Waals surface area (Å²) in [5.74, 6) is -0.688. The molecular formula is C22H23NO4. The Hall–Kier alpha value is -3.13. The van der Waals surface area contributed by atoms with Gasteiger partial charge in [-0.05, 0) is 48.9 Å². The Labute approximate surface area is 159 Å². The number of hydrogen-bond donors (Lipinski definition) is 0. The molecule has 0 unspecified atom stereocenters. The van der Waals surface area contributed by atoms with Crippen LogP contribution in [0.4, 0.5) is 0 Å². The van der Waals surface area contributed by atoms with E-state index in [-0.39, 0.29) is 5.56 Å². The highest BCUT2D eigenvalue weighted by molar-refractivity contribution is 5.96. The first-order valence-corrected chi connectivity index (χ1v) is 9.13. The van der Waals surface area contributed by atoms with Crippen molar-refractivity contribution in [2.75, 3.05) is 6.61 Å². The van der Waals surface area contributed by atoms with Gasteiger partial charge in [-0.2, -0.15) is 5.26 Å². The average molecular weight is 365 g/mol. The second-order valence-corrected chi connectivity index (χ2v) is 6.16. The molecule has 0 heterocycles. The number of esters is 2. The number of rotatable bonds is 9. The van der Waals surface area contributed by atoms with Gasteiger partial charge in [0.1, 0.15) is 5.75 Å². The molecule has 2 aromatic carbocycles. The van der Waals surface area contributed by atoms with Gasteiger partial charge in [-0.3, -0.25) is 0 Å². The molecule has 0 saturated heterocycles. The molecule has 0 fully saturated rings. The molecule has 0 aliphatic carbocycles. The molecule has 140 valence electrons. The molecule has 5 heteroatoms. The van der Waals surface area contributed by atoms with E-state index in [2.05, 4.69) is 6.92 Å². The summed E-state index contributed by atoms with van der Waals surface area (Å²) in [6.07, 6.45) is 5.39. The average Bonchev–Trinajstić information content (AvgIpc) is 2.71. The summed E-state index contributed by atoms with van der Waals surface area (Å²) in [5, 5.41) is 8.78. The van der Waals surface area contributed by atoms with Crippen LogP contribution in [-0.4, -0.2) is 18.5 Å². The highest BCUT2D eigenvalue weighted by Crippen LogP contribution is 2.15. The molecule has 2 rings (SSSR count). The number of benzene rings is 2. The van der Waals surface area contributed by atoms with E-state index in [9.17, 15) is 9.59 Å².